The van der Waals surface area contributed by atoms with E-state index in [2.05, 4.69) is 15.9 Å². The molecule has 1 nitrogen and oxygen atoms in total. The van der Waals surface area contributed by atoms with E-state index in [1.807, 2.05) is 18.2 Å². The fourth-order valence-electron chi connectivity index (χ4n) is 1.03. The molecule has 0 saturated carbocycles. The summed E-state index contributed by atoms with van der Waals surface area (Å²) in [5, 5.41) is 1.55. The molecule has 0 spiro atoms. The second-order valence-electron chi connectivity index (χ2n) is 2.78. The van der Waals surface area contributed by atoms with Gasteiger partial charge >= 0.3 is 0 Å². The van der Waals surface area contributed by atoms with Crippen molar-refractivity contribution in [3.05, 3.63) is 40.4 Å². The number of carbonyl (C=O) groups is 1. The van der Waals surface area contributed by atoms with Crippen molar-refractivity contribution in [1.82, 2.24) is 0 Å². The molecule has 0 radical (unpaired) electrons. The molecule has 0 saturated heterocycles. The summed E-state index contributed by atoms with van der Waals surface area (Å²) in [6.07, 6.45) is 5.75. The maximum Gasteiger partial charge on any atom is 0.150 e. The molecule has 3 heteroatoms. The average molecular weight is 274 g/mol. The number of alkyl halides is 1. The van der Waals surface area contributed by atoms with Crippen LogP contribution >= 0.6 is 27.5 Å². The van der Waals surface area contributed by atoms with Crippen molar-refractivity contribution in [2.45, 2.75) is 6.42 Å². The van der Waals surface area contributed by atoms with Gasteiger partial charge in [0.1, 0.15) is 6.29 Å². The van der Waals surface area contributed by atoms with Gasteiger partial charge in [0.2, 0.25) is 0 Å². The number of carbonyl (C=O) groups excluding carboxylic acids is 1. The molecule has 1 aromatic carbocycles. The Morgan fingerprint density at radius 3 is 2.79 bits per heavy atom. The van der Waals surface area contributed by atoms with Gasteiger partial charge < -0.3 is 0 Å². The van der Waals surface area contributed by atoms with E-state index in [1.165, 1.54) is 0 Å². The van der Waals surface area contributed by atoms with E-state index in [4.69, 9.17) is 11.6 Å². The highest BCUT2D eigenvalue weighted by Gasteiger charge is 1.97. The number of aldehydes is 1. The minimum atomic E-state index is 0.604. The zero-order chi connectivity index (χ0) is 10.4. The second-order valence-corrected chi connectivity index (χ2v) is 3.98. The zero-order valence-electron chi connectivity index (χ0n) is 7.54. The van der Waals surface area contributed by atoms with Crippen LogP contribution in [-0.2, 0) is 0 Å². The zero-order valence-corrected chi connectivity index (χ0v) is 9.88. The molecule has 0 heterocycles. The molecular formula is C11H10BrClO. The minimum absolute atomic E-state index is 0.604. The van der Waals surface area contributed by atoms with Crippen molar-refractivity contribution in [3.8, 4) is 0 Å². The third-order valence-electron chi connectivity index (χ3n) is 1.73. The Morgan fingerprint density at radius 2 is 2.21 bits per heavy atom. The van der Waals surface area contributed by atoms with E-state index in [9.17, 15) is 4.79 Å². The van der Waals surface area contributed by atoms with Crippen LogP contribution in [0.25, 0.3) is 6.08 Å². The number of allylic oxidation sites excluding steroid dienone is 1. The summed E-state index contributed by atoms with van der Waals surface area (Å²) < 4.78 is 0. The van der Waals surface area contributed by atoms with E-state index < -0.39 is 0 Å². The fraction of sp³-hybridized carbons (Fsp3) is 0.182. The smallest absolute Gasteiger partial charge is 0.150 e. The first-order chi connectivity index (χ1) is 6.77. The maximum absolute atomic E-state index is 10.4. The van der Waals surface area contributed by atoms with Gasteiger partial charge in [0.25, 0.3) is 0 Å². The van der Waals surface area contributed by atoms with Gasteiger partial charge in [0.05, 0.1) is 0 Å². The molecule has 0 aliphatic carbocycles. The molecule has 0 aromatic heterocycles. The predicted octanol–water partition coefficient (Wildman–Crippen LogP) is 3.95. The number of halogens is 2. The van der Waals surface area contributed by atoms with Crippen LogP contribution in [0.2, 0.25) is 5.02 Å². The number of rotatable bonds is 4. The van der Waals surface area contributed by atoms with Gasteiger partial charge in [-0.1, -0.05) is 51.8 Å². The summed E-state index contributed by atoms with van der Waals surface area (Å²) in [5.74, 6) is 0. The summed E-state index contributed by atoms with van der Waals surface area (Å²) in [6.45, 7) is 0. The molecule has 0 aliphatic heterocycles. The van der Waals surface area contributed by atoms with Gasteiger partial charge in [-0.25, -0.2) is 0 Å². The molecule has 1 aromatic rings. The van der Waals surface area contributed by atoms with Gasteiger partial charge in [0.15, 0.2) is 0 Å². The molecule has 0 fully saturated rings. The lowest BCUT2D eigenvalue weighted by molar-refractivity contribution is 0.112. The van der Waals surface area contributed by atoms with Crippen molar-refractivity contribution in [3.63, 3.8) is 0 Å². The molecule has 0 unspecified atom stereocenters. The lowest BCUT2D eigenvalue weighted by Crippen LogP contribution is -1.81. The Balaban J connectivity index is 2.83. The highest BCUT2D eigenvalue weighted by molar-refractivity contribution is 9.09. The van der Waals surface area contributed by atoms with Gasteiger partial charge in [-0.3, -0.25) is 4.79 Å². The third kappa shape index (κ3) is 3.28. The van der Waals surface area contributed by atoms with Crippen molar-refractivity contribution in [2.24, 2.45) is 0 Å². The second kappa shape index (κ2) is 5.99. The molecule has 1 rings (SSSR count). The predicted molar refractivity (Wildman–Crippen MR) is 64.3 cm³/mol. The molecule has 0 atom stereocenters. The van der Waals surface area contributed by atoms with Crippen LogP contribution in [0.5, 0.6) is 0 Å². The molecule has 0 bridgehead atoms. The monoisotopic (exact) mass is 272 g/mol. The van der Waals surface area contributed by atoms with Crippen molar-refractivity contribution in [1.29, 1.82) is 0 Å². The molecule has 0 amide bonds. The number of hydrogen-bond donors (Lipinski definition) is 0. The highest BCUT2D eigenvalue weighted by atomic mass is 79.9. The largest absolute Gasteiger partial charge is 0.298 e. The van der Waals surface area contributed by atoms with Crippen molar-refractivity contribution in [2.75, 3.05) is 5.33 Å². The number of hydrogen-bond acceptors (Lipinski definition) is 1. The van der Waals surface area contributed by atoms with E-state index in [0.29, 0.717) is 10.6 Å². The highest BCUT2D eigenvalue weighted by Crippen LogP contribution is 2.18. The van der Waals surface area contributed by atoms with Crippen LogP contribution in [0, 0.1) is 0 Å². The van der Waals surface area contributed by atoms with Gasteiger partial charge in [-0.15, -0.1) is 0 Å². The Morgan fingerprint density at radius 1 is 1.43 bits per heavy atom. The summed E-state index contributed by atoms with van der Waals surface area (Å²) in [5.41, 5.74) is 1.55. The summed E-state index contributed by atoms with van der Waals surface area (Å²) >= 11 is 9.30. The lowest BCUT2D eigenvalue weighted by Gasteiger charge is -1.98. The van der Waals surface area contributed by atoms with Crippen LogP contribution in [0.4, 0.5) is 0 Å². The van der Waals surface area contributed by atoms with Gasteiger partial charge in [-0.05, 0) is 18.1 Å². The Kier molecular flexibility index (Phi) is 4.91. The topological polar surface area (TPSA) is 17.1 Å². The van der Waals surface area contributed by atoms with Gasteiger partial charge in [-0.2, -0.15) is 0 Å². The van der Waals surface area contributed by atoms with E-state index >= 15 is 0 Å². The first-order valence-electron chi connectivity index (χ1n) is 4.25. The molecule has 14 heavy (non-hydrogen) atoms. The Bertz CT molecular complexity index is 347. The average Bonchev–Trinajstić information content (AvgIpc) is 2.20. The lowest BCUT2D eigenvalue weighted by atomic mass is 10.1. The molecule has 0 aliphatic rings. The first-order valence-corrected chi connectivity index (χ1v) is 5.75. The standard InChI is InChI=1S/C11H10BrClO/c12-6-2-1-3-10-5-4-9(8-14)7-11(10)13/h1,3-5,7-8H,2,6H2. The maximum atomic E-state index is 10.4. The van der Waals surface area contributed by atoms with Crippen LogP contribution in [0.1, 0.15) is 22.3 Å². The van der Waals surface area contributed by atoms with E-state index in [-0.39, 0.29) is 0 Å². The Labute approximate surface area is 96.9 Å². The molecule has 0 N–H and O–H groups in total. The van der Waals surface area contributed by atoms with Crippen molar-refractivity contribution < 1.29 is 4.79 Å². The quantitative estimate of drug-likeness (QED) is 0.600. The van der Waals surface area contributed by atoms with Crippen LogP contribution in [0.15, 0.2) is 24.3 Å². The van der Waals surface area contributed by atoms with Crippen LogP contribution < -0.4 is 0 Å². The Hall–Kier alpha value is -0.600. The van der Waals surface area contributed by atoms with Crippen molar-refractivity contribution >= 4 is 39.9 Å². The van der Waals surface area contributed by atoms with Gasteiger partial charge in [0, 0.05) is 15.9 Å². The summed E-state index contributed by atoms with van der Waals surface area (Å²) in [6, 6.07) is 5.27. The summed E-state index contributed by atoms with van der Waals surface area (Å²) in [4.78, 5) is 10.4. The van der Waals surface area contributed by atoms with E-state index in [0.717, 1.165) is 23.6 Å². The molecule has 74 valence electrons. The normalized spacial score (nSPS) is 10.7. The minimum Gasteiger partial charge on any atom is -0.298 e. The van der Waals surface area contributed by atoms with Crippen LogP contribution in [-0.4, -0.2) is 11.6 Å². The first kappa shape index (κ1) is 11.5. The van der Waals surface area contributed by atoms with E-state index in [1.54, 1.807) is 12.1 Å². The SMILES string of the molecule is O=Cc1ccc(C=CCCBr)c(Cl)c1. The molecular weight excluding hydrogens is 263 g/mol. The number of benzene rings is 1. The van der Waals surface area contributed by atoms with Crippen LogP contribution in [0.3, 0.4) is 0 Å². The third-order valence-corrected chi connectivity index (χ3v) is 2.52. The summed E-state index contributed by atoms with van der Waals surface area (Å²) in [7, 11) is 0. The fourth-order valence-corrected chi connectivity index (χ4v) is 1.54.